The number of nitriles is 1. The zero-order valence-electron chi connectivity index (χ0n) is 9.06. The maximum atomic E-state index is 8.58. The maximum absolute atomic E-state index is 8.58. The first-order valence-corrected chi connectivity index (χ1v) is 5.13. The van der Waals surface area contributed by atoms with Crippen molar-refractivity contribution in [3.8, 4) is 6.07 Å². The fourth-order valence-corrected chi connectivity index (χ4v) is 1.27. The van der Waals surface area contributed by atoms with Gasteiger partial charge in [-0.25, -0.2) is 0 Å². The zero-order valence-corrected chi connectivity index (χ0v) is 9.06. The molecule has 0 spiro atoms. The molecule has 1 aliphatic rings. The minimum Gasteiger partial charge on any atom is -0.346 e. The van der Waals surface area contributed by atoms with Gasteiger partial charge in [-0.3, -0.25) is 0 Å². The molecular formula is C12H15NO2. The first kappa shape index (κ1) is 11.7. The first-order chi connectivity index (χ1) is 7.40. The molecule has 1 saturated heterocycles. The third-order valence-corrected chi connectivity index (χ3v) is 1.93. The van der Waals surface area contributed by atoms with Crippen molar-refractivity contribution in [2.75, 3.05) is 13.2 Å². The van der Waals surface area contributed by atoms with Gasteiger partial charge in [0.05, 0.1) is 24.8 Å². The van der Waals surface area contributed by atoms with Crippen LogP contribution in [0.15, 0.2) is 24.3 Å². The highest BCUT2D eigenvalue weighted by atomic mass is 16.7. The first-order valence-electron chi connectivity index (χ1n) is 5.13. The summed E-state index contributed by atoms with van der Waals surface area (Å²) in [5.41, 5.74) is 1.62. The van der Waals surface area contributed by atoms with Crippen molar-refractivity contribution in [2.24, 2.45) is 0 Å². The smallest absolute Gasteiger partial charge is 0.184 e. The van der Waals surface area contributed by atoms with Crippen LogP contribution in [-0.4, -0.2) is 13.2 Å². The highest BCUT2D eigenvalue weighted by Gasteiger charge is 2.17. The predicted octanol–water partition coefficient (Wildman–Crippen LogP) is 2.63. The Morgan fingerprint density at radius 2 is 1.67 bits per heavy atom. The molecule has 3 heteroatoms. The van der Waals surface area contributed by atoms with Gasteiger partial charge in [0.2, 0.25) is 0 Å². The van der Waals surface area contributed by atoms with E-state index in [4.69, 9.17) is 14.7 Å². The molecule has 0 aliphatic carbocycles. The number of ether oxygens (including phenoxy) is 2. The zero-order chi connectivity index (χ0) is 11.1. The van der Waals surface area contributed by atoms with Crippen LogP contribution in [-0.2, 0) is 9.47 Å². The van der Waals surface area contributed by atoms with Gasteiger partial charge in [-0.2, -0.15) is 5.26 Å². The second-order valence-electron chi connectivity index (χ2n) is 2.81. The average Bonchev–Trinajstić information content (AvgIpc) is 2.85. The number of nitrogens with zero attached hydrogens (tertiary/aromatic N) is 1. The van der Waals surface area contributed by atoms with Crippen LogP contribution < -0.4 is 0 Å². The van der Waals surface area contributed by atoms with E-state index in [0.717, 1.165) is 5.56 Å². The van der Waals surface area contributed by atoms with Gasteiger partial charge in [0.15, 0.2) is 6.29 Å². The Kier molecular flexibility index (Phi) is 4.82. The molecule has 15 heavy (non-hydrogen) atoms. The van der Waals surface area contributed by atoms with E-state index in [1.165, 1.54) is 0 Å². The molecule has 0 atom stereocenters. The lowest BCUT2D eigenvalue weighted by Crippen LogP contribution is -1.97. The number of hydrogen-bond acceptors (Lipinski definition) is 3. The molecule has 2 rings (SSSR count). The molecule has 0 unspecified atom stereocenters. The summed E-state index contributed by atoms with van der Waals surface area (Å²) in [4.78, 5) is 0. The van der Waals surface area contributed by atoms with Crippen molar-refractivity contribution in [3.05, 3.63) is 35.4 Å². The number of benzene rings is 1. The van der Waals surface area contributed by atoms with Gasteiger partial charge in [-0.1, -0.05) is 26.0 Å². The summed E-state index contributed by atoms with van der Waals surface area (Å²) in [5, 5.41) is 8.58. The quantitative estimate of drug-likeness (QED) is 0.707. The van der Waals surface area contributed by atoms with E-state index in [2.05, 4.69) is 6.07 Å². The third-order valence-electron chi connectivity index (χ3n) is 1.93. The molecule has 0 N–H and O–H groups in total. The van der Waals surface area contributed by atoms with E-state index in [9.17, 15) is 0 Å². The molecule has 1 fully saturated rings. The largest absolute Gasteiger partial charge is 0.346 e. The summed E-state index contributed by atoms with van der Waals surface area (Å²) in [6, 6.07) is 9.30. The van der Waals surface area contributed by atoms with E-state index in [1.54, 1.807) is 12.1 Å². The number of rotatable bonds is 1. The summed E-state index contributed by atoms with van der Waals surface area (Å²) in [6.07, 6.45) is -0.243. The highest BCUT2D eigenvalue weighted by Crippen LogP contribution is 2.22. The van der Waals surface area contributed by atoms with Gasteiger partial charge in [0.25, 0.3) is 0 Å². The van der Waals surface area contributed by atoms with Crippen molar-refractivity contribution in [2.45, 2.75) is 20.1 Å². The Labute approximate surface area is 90.2 Å². The Hall–Kier alpha value is -1.37. The molecule has 0 aromatic heterocycles. The fourth-order valence-electron chi connectivity index (χ4n) is 1.27. The maximum Gasteiger partial charge on any atom is 0.184 e. The highest BCUT2D eigenvalue weighted by molar-refractivity contribution is 5.32. The minimum absolute atomic E-state index is 0.243. The van der Waals surface area contributed by atoms with E-state index >= 15 is 0 Å². The van der Waals surface area contributed by atoms with E-state index in [1.807, 2.05) is 26.0 Å². The van der Waals surface area contributed by atoms with Crippen LogP contribution in [0.3, 0.4) is 0 Å². The summed E-state index contributed by atoms with van der Waals surface area (Å²) in [7, 11) is 0. The second-order valence-corrected chi connectivity index (χ2v) is 2.81. The van der Waals surface area contributed by atoms with Crippen LogP contribution in [0.5, 0.6) is 0 Å². The molecule has 1 heterocycles. The van der Waals surface area contributed by atoms with Gasteiger partial charge in [-0.05, 0) is 12.1 Å². The third kappa shape index (κ3) is 3.05. The lowest BCUT2D eigenvalue weighted by atomic mass is 10.1. The van der Waals surface area contributed by atoms with Gasteiger partial charge >= 0.3 is 0 Å². The standard InChI is InChI=1S/C10H9NO2.C2H6/c11-7-8-1-3-9(4-2-8)10-12-5-6-13-10;1-2/h1-4,10H,5-6H2;1-2H3. The molecule has 1 aromatic rings. The van der Waals surface area contributed by atoms with E-state index < -0.39 is 0 Å². The monoisotopic (exact) mass is 205 g/mol. The summed E-state index contributed by atoms with van der Waals surface area (Å²) in [5.74, 6) is 0. The van der Waals surface area contributed by atoms with Crippen LogP contribution >= 0.6 is 0 Å². The van der Waals surface area contributed by atoms with Crippen molar-refractivity contribution in [1.82, 2.24) is 0 Å². The van der Waals surface area contributed by atoms with Crippen LogP contribution in [0.2, 0.25) is 0 Å². The lowest BCUT2D eigenvalue weighted by Gasteiger charge is -2.08. The molecule has 0 saturated carbocycles. The second kappa shape index (κ2) is 6.18. The van der Waals surface area contributed by atoms with Crippen LogP contribution in [0.4, 0.5) is 0 Å². The molecule has 0 amide bonds. The normalized spacial score (nSPS) is 15.3. The van der Waals surface area contributed by atoms with Crippen LogP contribution in [0, 0.1) is 11.3 Å². The SMILES string of the molecule is CC.N#Cc1ccc(C2OCCO2)cc1. The fraction of sp³-hybridized carbons (Fsp3) is 0.417. The molecule has 0 bridgehead atoms. The van der Waals surface area contributed by atoms with Crippen molar-refractivity contribution in [3.63, 3.8) is 0 Å². The van der Waals surface area contributed by atoms with Crippen molar-refractivity contribution < 1.29 is 9.47 Å². The van der Waals surface area contributed by atoms with Gasteiger partial charge in [-0.15, -0.1) is 0 Å². The van der Waals surface area contributed by atoms with Crippen LogP contribution in [0.25, 0.3) is 0 Å². The van der Waals surface area contributed by atoms with Crippen molar-refractivity contribution in [1.29, 1.82) is 5.26 Å². The average molecular weight is 205 g/mol. The molecule has 0 radical (unpaired) electrons. The Morgan fingerprint density at radius 1 is 1.13 bits per heavy atom. The van der Waals surface area contributed by atoms with Gasteiger partial charge in [0.1, 0.15) is 0 Å². The molecule has 1 aliphatic heterocycles. The van der Waals surface area contributed by atoms with Crippen molar-refractivity contribution >= 4 is 0 Å². The predicted molar refractivity (Wildman–Crippen MR) is 57.2 cm³/mol. The molecule has 1 aromatic carbocycles. The molecule has 80 valence electrons. The molecular weight excluding hydrogens is 190 g/mol. The summed E-state index contributed by atoms with van der Waals surface area (Å²) in [6.45, 7) is 5.29. The summed E-state index contributed by atoms with van der Waals surface area (Å²) >= 11 is 0. The van der Waals surface area contributed by atoms with E-state index in [-0.39, 0.29) is 6.29 Å². The van der Waals surface area contributed by atoms with Gasteiger partial charge < -0.3 is 9.47 Å². The summed E-state index contributed by atoms with van der Waals surface area (Å²) < 4.78 is 10.6. The number of hydrogen-bond donors (Lipinski definition) is 0. The Morgan fingerprint density at radius 3 is 2.13 bits per heavy atom. The van der Waals surface area contributed by atoms with Gasteiger partial charge in [0, 0.05) is 5.56 Å². The topological polar surface area (TPSA) is 42.2 Å². The van der Waals surface area contributed by atoms with Crippen LogP contribution in [0.1, 0.15) is 31.3 Å². The molecule has 3 nitrogen and oxygen atoms in total. The van der Waals surface area contributed by atoms with E-state index in [0.29, 0.717) is 18.8 Å². The Bertz CT molecular complexity index is 320. The Balaban J connectivity index is 0.000000531. The minimum atomic E-state index is -0.243. The lowest BCUT2D eigenvalue weighted by molar-refractivity contribution is -0.0441.